The van der Waals surface area contributed by atoms with Gasteiger partial charge in [0.1, 0.15) is 5.82 Å². The minimum absolute atomic E-state index is 0.268. The number of hydroxylamine groups is 1. The first-order valence-electron chi connectivity index (χ1n) is 15.1. The van der Waals surface area contributed by atoms with Gasteiger partial charge in [0.2, 0.25) is 0 Å². The molecule has 2 aliphatic rings. The molecule has 0 saturated carbocycles. The molecule has 1 aromatic heterocycles. The number of aromatic amines is 1. The third-order valence-corrected chi connectivity index (χ3v) is 8.73. The molecule has 3 heterocycles. The van der Waals surface area contributed by atoms with Gasteiger partial charge in [-0.3, -0.25) is 24.3 Å². The number of carbonyl (C=O) groups is 1. The second-order valence-corrected chi connectivity index (χ2v) is 12.2. The van der Waals surface area contributed by atoms with Gasteiger partial charge >= 0.3 is 5.69 Å². The first-order chi connectivity index (χ1) is 22.3. The fourth-order valence-corrected chi connectivity index (χ4v) is 6.65. The monoisotopic (exact) mass is 660 g/mol. The quantitative estimate of drug-likeness (QED) is 0.173. The topological polar surface area (TPSA) is 112 Å². The molecule has 46 heavy (non-hydrogen) atoms. The predicted octanol–water partition coefficient (Wildman–Crippen LogP) is 4.92. The Labute approximate surface area is 276 Å². The first kappa shape index (κ1) is 31.6. The Kier molecular flexibility index (Phi) is 9.60. The number of nitrogens with zero attached hydrogens (tertiary/aromatic N) is 3. The normalized spacial score (nSPS) is 16.6. The molecular weight excluding hydrogens is 627 g/mol. The molecule has 3 N–H and O–H groups in total. The number of hydrogen-bond acceptors (Lipinski definition) is 7. The Morgan fingerprint density at radius 1 is 0.913 bits per heavy atom. The standard InChI is InChI=1S/C34H34Cl2N6O4/c1-22-28(33(44)39-46-18-8-13-40-14-16-41(17-15-40)27-20-24(35)19-25(36)21-27)29(23-9-4-2-5-10-23)30-31(37-22)42(34(45)38-32(30)43)26-11-6-3-7-12-26/h2-7,9-12,19-21,29,37H,8,13-18H2,1H3,(H,39,44)(H,38,43,45). The van der Waals surface area contributed by atoms with Gasteiger partial charge in [-0.25, -0.2) is 14.8 Å². The van der Waals surface area contributed by atoms with E-state index in [1.165, 1.54) is 4.57 Å². The van der Waals surface area contributed by atoms with Crippen molar-refractivity contribution in [2.24, 2.45) is 0 Å². The molecule has 2 aliphatic heterocycles. The number of piperazine rings is 1. The number of carbonyl (C=O) groups excluding carboxylic acids is 1. The maximum Gasteiger partial charge on any atom is 0.334 e. The number of para-hydroxylation sites is 1. The number of benzene rings is 3. The molecule has 0 aliphatic carbocycles. The van der Waals surface area contributed by atoms with Crippen LogP contribution in [0.2, 0.25) is 10.0 Å². The Morgan fingerprint density at radius 3 is 2.24 bits per heavy atom. The van der Waals surface area contributed by atoms with Crippen LogP contribution in [0.3, 0.4) is 0 Å². The van der Waals surface area contributed by atoms with Gasteiger partial charge in [0.05, 0.1) is 29.3 Å². The van der Waals surface area contributed by atoms with Crippen molar-refractivity contribution in [2.45, 2.75) is 19.3 Å². The van der Waals surface area contributed by atoms with Crippen LogP contribution >= 0.6 is 23.2 Å². The molecule has 0 radical (unpaired) electrons. The van der Waals surface area contributed by atoms with E-state index in [0.717, 1.165) is 44.0 Å². The number of aromatic nitrogens is 2. The number of fused-ring (bicyclic) bond motifs is 1. The fraction of sp³-hybridized carbons (Fsp3) is 0.265. The van der Waals surface area contributed by atoms with Crippen LogP contribution in [-0.4, -0.2) is 59.7 Å². The van der Waals surface area contributed by atoms with E-state index in [2.05, 4.69) is 25.6 Å². The van der Waals surface area contributed by atoms with Crippen LogP contribution in [0.25, 0.3) is 5.69 Å². The van der Waals surface area contributed by atoms with Crippen molar-refractivity contribution in [1.82, 2.24) is 19.9 Å². The summed E-state index contributed by atoms with van der Waals surface area (Å²) in [6.45, 7) is 6.37. The summed E-state index contributed by atoms with van der Waals surface area (Å²) in [5.74, 6) is -0.886. The van der Waals surface area contributed by atoms with Gasteiger partial charge in [0.15, 0.2) is 0 Å². The van der Waals surface area contributed by atoms with Crippen LogP contribution in [0.1, 0.15) is 30.4 Å². The Hall–Kier alpha value is -4.35. The van der Waals surface area contributed by atoms with Crippen molar-refractivity contribution in [3.8, 4) is 5.69 Å². The average molecular weight is 662 g/mol. The van der Waals surface area contributed by atoms with Crippen molar-refractivity contribution in [2.75, 3.05) is 49.5 Å². The second-order valence-electron chi connectivity index (χ2n) is 11.3. The molecule has 10 nitrogen and oxygen atoms in total. The lowest BCUT2D eigenvalue weighted by Gasteiger charge is -2.36. The molecule has 1 amide bonds. The largest absolute Gasteiger partial charge is 0.369 e. The van der Waals surface area contributed by atoms with Crippen molar-refractivity contribution in [1.29, 1.82) is 0 Å². The van der Waals surface area contributed by atoms with Crippen molar-refractivity contribution >= 4 is 40.6 Å². The molecule has 0 spiro atoms. The SMILES string of the molecule is CC1=C(C(=O)NOCCCN2CCN(c3cc(Cl)cc(Cl)c3)CC2)C(c2ccccc2)c2c(n(-c3ccccc3)c(=O)[nH]c2=O)N1. The predicted molar refractivity (Wildman–Crippen MR) is 181 cm³/mol. The maximum atomic E-state index is 13.7. The minimum atomic E-state index is -0.744. The number of amides is 1. The zero-order valence-electron chi connectivity index (χ0n) is 25.3. The smallest absolute Gasteiger partial charge is 0.334 e. The fourth-order valence-electron chi connectivity index (χ4n) is 6.13. The van der Waals surface area contributed by atoms with Crippen molar-refractivity contribution < 1.29 is 9.63 Å². The Bertz CT molecular complexity index is 1850. The third-order valence-electron chi connectivity index (χ3n) is 8.30. The van der Waals surface area contributed by atoms with Crippen LogP contribution in [0.5, 0.6) is 0 Å². The van der Waals surface area contributed by atoms with Crippen LogP contribution in [0.4, 0.5) is 11.5 Å². The number of halogens is 2. The highest BCUT2D eigenvalue weighted by Crippen LogP contribution is 2.40. The number of nitrogens with one attached hydrogen (secondary N) is 3. The lowest BCUT2D eigenvalue weighted by molar-refractivity contribution is -0.130. The molecule has 4 aromatic rings. The van der Waals surface area contributed by atoms with Gasteiger partial charge in [-0.15, -0.1) is 0 Å². The van der Waals surface area contributed by atoms with Gasteiger partial charge in [0.25, 0.3) is 11.5 Å². The number of allylic oxidation sites excluding steroid dienone is 1. The van der Waals surface area contributed by atoms with Gasteiger partial charge < -0.3 is 10.2 Å². The number of hydrogen-bond donors (Lipinski definition) is 3. The number of rotatable bonds is 9. The molecule has 3 aromatic carbocycles. The summed E-state index contributed by atoms with van der Waals surface area (Å²) < 4.78 is 1.42. The summed E-state index contributed by atoms with van der Waals surface area (Å²) in [5, 5.41) is 4.43. The summed E-state index contributed by atoms with van der Waals surface area (Å²) in [6.07, 6.45) is 0.716. The lowest BCUT2D eigenvalue weighted by Crippen LogP contribution is -2.46. The van der Waals surface area contributed by atoms with E-state index in [1.54, 1.807) is 25.1 Å². The maximum absolute atomic E-state index is 13.7. The van der Waals surface area contributed by atoms with Crippen LogP contribution < -0.4 is 26.9 Å². The van der Waals surface area contributed by atoms with E-state index >= 15 is 0 Å². The minimum Gasteiger partial charge on any atom is -0.369 e. The molecule has 1 atom stereocenters. The highest BCUT2D eigenvalue weighted by Gasteiger charge is 2.36. The zero-order chi connectivity index (χ0) is 32.2. The molecule has 1 unspecified atom stereocenters. The van der Waals surface area contributed by atoms with Crippen molar-refractivity contribution in [3.63, 3.8) is 0 Å². The number of anilines is 2. The van der Waals surface area contributed by atoms with Gasteiger partial charge in [0, 0.05) is 54.2 Å². The Balaban J connectivity index is 1.12. The summed E-state index contributed by atoms with van der Waals surface area (Å²) >= 11 is 12.4. The summed E-state index contributed by atoms with van der Waals surface area (Å²) in [6, 6.07) is 23.9. The molecule has 1 fully saturated rings. The third kappa shape index (κ3) is 6.75. The van der Waals surface area contributed by atoms with E-state index in [4.69, 9.17) is 28.0 Å². The van der Waals surface area contributed by atoms with Crippen LogP contribution in [0, 0.1) is 0 Å². The molecule has 6 rings (SSSR count). The van der Waals surface area contributed by atoms with Crippen molar-refractivity contribution in [3.05, 3.63) is 132 Å². The molecule has 0 bridgehead atoms. The average Bonchev–Trinajstić information content (AvgIpc) is 3.04. The number of H-pyrrole nitrogens is 1. The summed E-state index contributed by atoms with van der Waals surface area (Å²) in [5.41, 5.74) is 4.91. The van der Waals surface area contributed by atoms with Gasteiger partial charge in [-0.2, -0.15) is 0 Å². The lowest BCUT2D eigenvalue weighted by atomic mass is 9.82. The van der Waals surface area contributed by atoms with Crippen LogP contribution in [0.15, 0.2) is 99.7 Å². The molecular formula is C34H34Cl2N6O4. The first-order valence-corrected chi connectivity index (χ1v) is 15.9. The van der Waals surface area contributed by atoms with E-state index < -0.39 is 23.1 Å². The highest BCUT2D eigenvalue weighted by atomic mass is 35.5. The summed E-state index contributed by atoms with van der Waals surface area (Å²) in [7, 11) is 0. The van der Waals surface area contributed by atoms with Crippen LogP contribution in [-0.2, 0) is 9.63 Å². The molecule has 1 saturated heterocycles. The van der Waals surface area contributed by atoms with E-state index in [-0.39, 0.29) is 5.56 Å². The second kappa shape index (κ2) is 14.0. The van der Waals surface area contributed by atoms with E-state index in [9.17, 15) is 14.4 Å². The molecule has 12 heteroatoms. The van der Waals surface area contributed by atoms with E-state index in [1.807, 2.05) is 60.7 Å². The molecule has 238 valence electrons. The van der Waals surface area contributed by atoms with Gasteiger partial charge in [-0.1, -0.05) is 71.7 Å². The van der Waals surface area contributed by atoms with E-state index in [0.29, 0.717) is 45.8 Å². The Morgan fingerprint density at radius 2 is 1.57 bits per heavy atom. The highest BCUT2D eigenvalue weighted by molar-refractivity contribution is 6.35. The zero-order valence-corrected chi connectivity index (χ0v) is 26.8. The summed E-state index contributed by atoms with van der Waals surface area (Å²) in [4.78, 5) is 52.8. The van der Waals surface area contributed by atoms with Gasteiger partial charge in [-0.05, 0) is 49.2 Å².